The van der Waals surface area contributed by atoms with Crippen molar-refractivity contribution < 1.29 is 9.59 Å². The molecule has 31 heavy (non-hydrogen) atoms. The van der Waals surface area contributed by atoms with Crippen LogP contribution in [-0.4, -0.2) is 84.8 Å². The number of benzene rings is 1. The highest BCUT2D eigenvalue weighted by Crippen LogP contribution is 2.23. The van der Waals surface area contributed by atoms with Crippen LogP contribution in [0.3, 0.4) is 0 Å². The average molecular weight is 426 g/mol. The molecule has 1 unspecified atom stereocenters. The van der Waals surface area contributed by atoms with Gasteiger partial charge in [0.05, 0.1) is 11.1 Å². The Bertz CT molecular complexity index is 783. The number of imide groups is 1. The van der Waals surface area contributed by atoms with Gasteiger partial charge in [-0.2, -0.15) is 0 Å². The van der Waals surface area contributed by atoms with Crippen molar-refractivity contribution in [3.8, 4) is 0 Å². The Morgan fingerprint density at radius 1 is 1.06 bits per heavy atom. The molecule has 0 bridgehead atoms. The molecular formula is C24H35N5O2. The maximum Gasteiger partial charge on any atom is 0.261 e. The number of guanidine groups is 1. The van der Waals surface area contributed by atoms with Gasteiger partial charge in [0.15, 0.2) is 5.96 Å². The average Bonchev–Trinajstić information content (AvgIpc) is 3.51. The smallest absolute Gasteiger partial charge is 0.261 e. The van der Waals surface area contributed by atoms with Crippen LogP contribution in [0.1, 0.15) is 59.7 Å². The third-order valence-electron chi connectivity index (χ3n) is 6.56. The molecule has 0 aromatic heterocycles. The van der Waals surface area contributed by atoms with E-state index in [1.54, 1.807) is 24.3 Å². The highest BCUT2D eigenvalue weighted by Gasteiger charge is 2.34. The zero-order valence-corrected chi connectivity index (χ0v) is 18.7. The third-order valence-corrected chi connectivity index (χ3v) is 6.56. The van der Waals surface area contributed by atoms with Crippen molar-refractivity contribution in [3.63, 3.8) is 0 Å². The second-order valence-corrected chi connectivity index (χ2v) is 8.86. The molecule has 1 N–H and O–H groups in total. The predicted octanol–water partition coefficient (Wildman–Crippen LogP) is 2.45. The second kappa shape index (κ2) is 10.3. The van der Waals surface area contributed by atoms with Crippen LogP contribution in [0.2, 0.25) is 0 Å². The van der Waals surface area contributed by atoms with E-state index in [0.29, 0.717) is 24.2 Å². The molecule has 0 radical (unpaired) electrons. The second-order valence-electron chi connectivity index (χ2n) is 8.86. The zero-order chi connectivity index (χ0) is 21.6. The molecule has 1 aromatic carbocycles. The molecule has 168 valence electrons. The Hall–Kier alpha value is -2.41. The SMILES string of the molecule is CCNC(=NCCCCN1C(=O)c2ccccc2C1=O)N1CCC(CN2CCCC2)C1. The summed E-state index contributed by atoms with van der Waals surface area (Å²) in [6.07, 6.45) is 5.56. The van der Waals surface area contributed by atoms with Crippen LogP contribution in [0.25, 0.3) is 0 Å². The minimum atomic E-state index is -0.168. The van der Waals surface area contributed by atoms with Gasteiger partial charge >= 0.3 is 0 Å². The van der Waals surface area contributed by atoms with E-state index in [9.17, 15) is 9.59 Å². The van der Waals surface area contributed by atoms with E-state index >= 15 is 0 Å². The Morgan fingerprint density at radius 3 is 2.45 bits per heavy atom. The summed E-state index contributed by atoms with van der Waals surface area (Å²) < 4.78 is 0. The number of carbonyl (C=O) groups is 2. The molecule has 1 atom stereocenters. The predicted molar refractivity (Wildman–Crippen MR) is 122 cm³/mol. The molecule has 3 heterocycles. The number of rotatable bonds is 8. The summed E-state index contributed by atoms with van der Waals surface area (Å²) in [5.74, 6) is 1.40. The van der Waals surface area contributed by atoms with Crippen LogP contribution in [0.5, 0.6) is 0 Å². The molecule has 4 rings (SSSR count). The third kappa shape index (κ3) is 5.09. The van der Waals surface area contributed by atoms with Crippen LogP contribution in [0.4, 0.5) is 0 Å². The number of hydrogen-bond donors (Lipinski definition) is 1. The molecule has 7 heteroatoms. The first-order valence-electron chi connectivity index (χ1n) is 11.9. The highest BCUT2D eigenvalue weighted by molar-refractivity contribution is 6.21. The van der Waals surface area contributed by atoms with E-state index in [-0.39, 0.29) is 11.8 Å². The topological polar surface area (TPSA) is 68.2 Å². The number of amides is 2. The number of fused-ring (bicyclic) bond motifs is 1. The summed E-state index contributed by atoms with van der Waals surface area (Å²) >= 11 is 0. The minimum Gasteiger partial charge on any atom is -0.357 e. The molecule has 1 aromatic rings. The summed E-state index contributed by atoms with van der Waals surface area (Å²) in [5.41, 5.74) is 1.05. The first kappa shape index (κ1) is 21.8. The maximum atomic E-state index is 12.5. The summed E-state index contributed by atoms with van der Waals surface area (Å²) in [4.78, 5) is 36.1. The van der Waals surface area contributed by atoms with Gasteiger partial charge in [-0.3, -0.25) is 19.5 Å². The van der Waals surface area contributed by atoms with Crippen molar-refractivity contribution in [2.45, 2.75) is 39.0 Å². The summed E-state index contributed by atoms with van der Waals surface area (Å²) in [7, 11) is 0. The fourth-order valence-corrected chi connectivity index (χ4v) is 4.94. The van der Waals surface area contributed by atoms with Gasteiger partial charge in [-0.25, -0.2) is 0 Å². The van der Waals surface area contributed by atoms with Gasteiger partial charge in [0.1, 0.15) is 0 Å². The Balaban J connectivity index is 1.22. The van der Waals surface area contributed by atoms with Gasteiger partial charge in [-0.15, -0.1) is 0 Å². The molecule has 2 amide bonds. The van der Waals surface area contributed by atoms with Crippen LogP contribution >= 0.6 is 0 Å². The minimum absolute atomic E-state index is 0.168. The zero-order valence-electron chi connectivity index (χ0n) is 18.7. The molecule has 0 aliphatic carbocycles. The fraction of sp³-hybridized carbons (Fsp3) is 0.625. The van der Waals surface area contributed by atoms with Crippen molar-refractivity contribution >= 4 is 17.8 Å². The van der Waals surface area contributed by atoms with Crippen molar-refractivity contribution in [3.05, 3.63) is 35.4 Å². The van der Waals surface area contributed by atoms with E-state index < -0.39 is 0 Å². The van der Waals surface area contributed by atoms with Gasteiger partial charge in [-0.1, -0.05) is 12.1 Å². The Morgan fingerprint density at radius 2 is 1.77 bits per heavy atom. The lowest BCUT2D eigenvalue weighted by Gasteiger charge is -2.23. The highest BCUT2D eigenvalue weighted by atomic mass is 16.2. The number of nitrogens with one attached hydrogen (secondary N) is 1. The monoisotopic (exact) mass is 425 g/mol. The summed E-state index contributed by atoms with van der Waals surface area (Å²) in [5, 5.41) is 3.44. The quantitative estimate of drug-likeness (QED) is 0.300. The van der Waals surface area contributed by atoms with Gasteiger partial charge in [-0.05, 0) is 70.2 Å². The van der Waals surface area contributed by atoms with E-state index in [4.69, 9.17) is 4.99 Å². The first-order valence-corrected chi connectivity index (χ1v) is 11.9. The van der Waals surface area contributed by atoms with Crippen LogP contribution in [0.15, 0.2) is 29.3 Å². The molecule has 3 aliphatic heterocycles. The van der Waals surface area contributed by atoms with E-state index in [2.05, 4.69) is 22.0 Å². The number of hydrogen-bond acceptors (Lipinski definition) is 4. The molecule has 0 saturated carbocycles. The van der Waals surface area contributed by atoms with Crippen LogP contribution < -0.4 is 5.32 Å². The van der Waals surface area contributed by atoms with Gasteiger partial charge in [0, 0.05) is 39.3 Å². The number of nitrogens with zero attached hydrogens (tertiary/aromatic N) is 4. The van der Waals surface area contributed by atoms with Crippen molar-refractivity contribution in [1.29, 1.82) is 0 Å². The first-order chi connectivity index (χ1) is 15.2. The molecule has 2 saturated heterocycles. The van der Waals surface area contributed by atoms with Gasteiger partial charge in [0.25, 0.3) is 11.8 Å². The molecule has 0 spiro atoms. The summed E-state index contributed by atoms with van der Waals surface area (Å²) in [6, 6.07) is 7.07. The van der Waals surface area contributed by atoms with Gasteiger partial charge < -0.3 is 15.1 Å². The largest absolute Gasteiger partial charge is 0.357 e. The van der Waals surface area contributed by atoms with Gasteiger partial charge in [0.2, 0.25) is 0 Å². The number of aliphatic imine (C=N–C) groups is 1. The van der Waals surface area contributed by atoms with Crippen molar-refractivity contribution in [1.82, 2.24) is 20.0 Å². The fourth-order valence-electron chi connectivity index (χ4n) is 4.94. The summed E-state index contributed by atoms with van der Waals surface area (Å²) in [6.45, 7) is 10.0. The normalized spacial score (nSPS) is 22.0. The Kier molecular flexibility index (Phi) is 7.22. The van der Waals surface area contributed by atoms with E-state index in [0.717, 1.165) is 44.4 Å². The molecule has 3 aliphatic rings. The maximum absolute atomic E-state index is 12.5. The number of unbranched alkanes of at least 4 members (excludes halogenated alkanes) is 1. The molecule has 7 nitrogen and oxygen atoms in total. The van der Waals surface area contributed by atoms with E-state index in [1.807, 2.05) is 0 Å². The molecular weight excluding hydrogens is 390 g/mol. The lowest BCUT2D eigenvalue weighted by atomic mass is 10.1. The Labute approximate surface area is 185 Å². The number of likely N-dealkylation sites (tertiary alicyclic amines) is 2. The standard InChI is InChI=1S/C24H35N5O2/c1-2-25-24(28-16-11-19(18-28)17-27-13-7-8-14-27)26-12-5-6-15-29-22(30)20-9-3-4-10-21(20)23(29)31/h3-4,9-10,19H,2,5-8,11-18H2,1H3,(H,25,26). The number of carbonyl (C=O) groups excluding carboxylic acids is 2. The van der Waals surface area contributed by atoms with E-state index in [1.165, 1.54) is 43.8 Å². The van der Waals surface area contributed by atoms with Crippen molar-refractivity contribution in [2.75, 3.05) is 52.4 Å². The van der Waals surface area contributed by atoms with Crippen LogP contribution in [0, 0.1) is 5.92 Å². The molecule has 2 fully saturated rings. The lowest BCUT2D eigenvalue weighted by molar-refractivity contribution is 0.0652. The van der Waals surface area contributed by atoms with Crippen molar-refractivity contribution in [2.24, 2.45) is 10.9 Å². The lowest BCUT2D eigenvalue weighted by Crippen LogP contribution is -2.40. The van der Waals surface area contributed by atoms with Crippen LogP contribution in [-0.2, 0) is 0 Å².